The minimum absolute atomic E-state index is 0.00581. The molecule has 0 radical (unpaired) electrons. The molecule has 1 aliphatic rings. The van der Waals surface area contributed by atoms with Crippen molar-refractivity contribution in [3.05, 3.63) is 29.8 Å². The number of nitrogens with two attached hydrogens (primary N) is 1. The second-order valence-corrected chi connectivity index (χ2v) is 5.51. The van der Waals surface area contributed by atoms with E-state index in [0.717, 1.165) is 43.1 Å². The van der Waals surface area contributed by atoms with Crippen LogP contribution in [0.2, 0.25) is 0 Å². The number of hydrogen-bond acceptors (Lipinski definition) is 2. The fraction of sp³-hybridized carbons (Fsp3) is 0.533. The van der Waals surface area contributed by atoms with Crippen molar-refractivity contribution in [2.75, 3.05) is 18.4 Å². The molecule has 1 aromatic rings. The molecule has 0 aromatic heterocycles. The molecule has 1 aliphatic heterocycles. The number of likely N-dealkylation sites (tertiary alicyclic amines) is 1. The molecule has 0 saturated carbocycles. The Labute approximate surface area is 115 Å². The normalized spacial score (nSPS) is 18.2. The van der Waals surface area contributed by atoms with Gasteiger partial charge in [0.05, 0.1) is 0 Å². The van der Waals surface area contributed by atoms with Crippen molar-refractivity contribution < 1.29 is 4.79 Å². The number of anilines is 1. The van der Waals surface area contributed by atoms with Gasteiger partial charge >= 0.3 is 6.03 Å². The fourth-order valence-corrected chi connectivity index (χ4v) is 2.31. The van der Waals surface area contributed by atoms with Crippen LogP contribution in [0.1, 0.15) is 38.3 Å². The molecule has 0 aliphatic carbocycles. The van der Waals surface area contributed by atoms with Crippen LogP contribution in [-0.4, -0.2) is 24.0 Å². The quantitative estimate of drug-likeness (QED) is 0.860. The second-order valence-electron chi connectivity index (χ2n) is 5.51. The first-order valence-electron chi connectivity index (χ1n) is 6.97. The van der Waals surface area contributed by atoms with Crippen LogP contribution in [0.3, 0.4) is 0 Å². The molecule has 3 N–H and O–H groups in total. The Morgan fingerprint density at radius 1 is 1.42 bits per heavy atom. The van der Waals surface area contributed by atoms with Gasteiger partial charge in [-0.05, 0) is 43.4 Å². The Bertz CT molecular complexity index is 437. The number of piperidine rings is 1. The summed E-state index contributed by atoms with van der Waals surface area (Å²) in [6, 6.07) is 7.71. The molecule has 0 spiro atoms. The number of rotatable bonds is 2. The van der Waals surface area contributed by atoms with Gasteiger partial charge < -0.3 is 16.0 Å². The third-order valence-electron chi connectivity index (χ3n) is 3.73. The van der Waals surface area contributed by atoms with E-state index >= 15 is 0 Å². The SMILES string of the molecule is CC1CCN(C(=O)Nc2cccc(C(C)N)c2)CC1. The third-order valence-corrected chi connectivity index (χ3v) is 3.73. The maximum atomic E-state index is 12.1. The number of carbonyl (C=O) groups is 1. The molecule has 2 rings (SSSR count). The van der Waals surface area contributed by atoms with Gasteiger partial charge in [-0.15, -0.1) is 0 Å². The van der Waals surface area contributed by atoms with Gasteiger partial charge in [0.25, 0.3) is 0 Å². The van der Waals surface area contributed by atoms with Crippen molar-refractivity contribution in [1.29, 1.82) is 0 Å². The Morgan fingerprint density at radius 2 is 2.11 bits per heavy atom. The largest absolute Gasteiger partial charge is 0.325 e. The van der Waals surface area contributed by atoms with Crippen molar-refractivity contribution in [3.8, 4) is 0 Å². The molecule has 4 heteroatoms. The fourth-order valence-electron chi connectivity index (χ4n) is 2.31. The van der Waals surface area contributed by atoms with Crippen LogP contribution >= 0.6 is 0 Å². The van der Waals surface area contributed by atoms with E-state index in [2.05, 4.69) is 12.2 Å². The number of urea groups is 1. The molecule has 1 fully saturated rings. The number of nitrogens with zero attached hydrogens (tertiary/aromatic N) is 1. The van der Waals surface area contributed by atoms with Gasteiger partial charge in [0.1, 0.15) is 0 Å². The average molecular weight is 261 g/mol. The van der Waals surface area contributed by atoms with Gasteiger partial charge in [0, 0.05) is 24.8 Å². The van der Waals surface area contributed by atoms with Crippen molar-refractivity contribution in [1.82, 2.24) is 4.90 Å². The van der Waals surface area contributed by atoms with Crippen LogP contribution in [0.4, 0.5) is 10.5 Å². The van der Waals surface area contributed by atoms with Crippen LogP contribution in [0.5, 0.6) is 0 Å². The lowest BCUT2D eigenvalue weighted by Crippen LogP contribution is -2.40. The highest BCUT2D eigenvalue weighted by atomic mass is 16.2. The van der Waals surface area contributed by atoms with Gasteiger partial charge in [-0.1, -0.05) is 19.1 Å². The zero-order valence-electron chi connectivity index (χ0n) is 11.7. The van der Waals surface area contributed by atoms with Crippen LogP contribution in [-0.2, 0) is 0 Å². The second kappa shape index (κ2) is 6.06. The number of hydrogen-bond donors (Lipinski definition) is 2. The zero-order chi connectivity index (χ0) is 13.8. The Kier molecular flexibility index (Phi) is 4.43. The number of nitrogens with one attached hydrogen (secondary N) is 1. The summed E-state index contributed by atoms with van der Waals surface area (Å²) in [4.78, 5) is 14.0. The minimum Gasteiger partial charge on any atom is -0.325 e. The van der Waals surface area contributed by atoms with E-state index in [1.807, 2.05) is 36.1 Å². The highest BCUT2D eigenvalue weighted by Gasteiger charge is 2.20. The van der Waals surface area contributed by atoms with E-state index in [1.54, 1.807) is 0 Å². The maximum Gasteiger partial charge on any atom is 0.321 e. The third kappa shape index (κ3) is 3.70. The Morgan fingerprint density at radius 3 is 2.74 bits per heavy atom. The van der Waals surface area contributed by atoms with E-state index in [0.29, 0.717) is 0 Å². The lowest BCUT2D eigenvalue weighted by atomic mass is 10.00. The first kappa shape index (κ1) is 13.9. The summed E-state index contributed by atoms with van der Waals surface area (Å²) in [5.41, 5.74) is 7.70. The monoisotopic (exact) mass is 261 g/mol. The van der Waals surface area contributed by atoms with Gasteiger partial charge in [0.15, 0.2) is 0 Å². The molecule has 19 heavy (non-hydrogen) atoms. The van der Waals surface area contributed by atoms with Crippen LogP contribution in [0, 0.1) is 5.92 Å². The summed E-state index contributed by atoms with van der Waals surface area (Å²) >= 11 is 0. The molecule has 1 unspecified atom stereocenters. The molecule has 2 amide bonds. The highest BCUT2D eigenvalue weighted by Crippen LogP contribution is 2.19. The van der Waals surface area contributed by atoms with Crippen LogP contribution in [0.25, 0.3) is 0 Å². The topological polar surface area (TPSA) is 58.4 Å². The van der Waals surface area contributed by atoms with Crippen LogP contribution < -0.4 is 11.1 Å². The predicted molar refractivity (Wildman–Crippen MR) is 78.0 cm³/mol. The van der Waals surface area contributed by atoms with Gasteiger partial charge in [0.2, 0.25) is 0 Å². The molecule has 1 atom stereocenters. The summed E-state index contributed by atoms with van der Waals surface area (Å²) in [6.45, 7) is 5.87. The molecule has 1 aromatic carbocycles. The first-order chi connectivity index (χ1) is 9.06. The summed E-state index contributed by atoms with van der Waals surface area (Å²) < 4.78 is 0. The van der Waals surface area contributed by atoms with E-state index < -0.39 is 0 Å². The molecule has 4 nitrogen and oxygen atoms in total. The van der Waals surface area contributed by atoms with Gasteiger partial charge in [-0.3, -0.25) is 0 Å². The maximum absolute atomic E-state index is 12.1. The molecule has 0 bridgehead atoms. The Balaban J connectivity index is 1.97. The van der Waals surface area contributed by atoms with E-state index in [-0.39, 0.29) is 12.1 Å². The van der Waals surface area contributed by atoms with Crippen molar-refractivity contribution in [2.45, 2.75) is 32.7 Å². The summed E-state index contributed by atoms with van der Waals surface area (Å²) in [6.07, 6.45) is 2.18. The van der Waals surface area contributed by atoms with E-state index in [1.165, 1.54) is 0 Å². The molecular formula is C15H23N3O. The Hall–Kier alpha value is -1.55. The zero-order valence-corrected chi connectivity index (χ0v) is 11.7. The number of carbonyl (C=O) groups excluding carboxylic acids is 1. The molecule has 1 saturated heterocycles. The number of benzene rings is 1. The van der Waals surface area contributed by atoms with Gasteiger partial charge in [-0.2, -0.15) is 0 Å². The molecular weight excluding hydrogens is 238 g/mol. The summed E-state index contributed by atoms with van der Waals surface area (Å²) in [7, 11) is 0. The van der Waals surface area contributed by atoms with E-state index in [9.17, 15) is 4.79 Å². The summed E-state index contributed by atoms with van der Waals surface area (Å²) in [5.74, 6) is 0.727. The van der Waals surface area contributed by atoms with Crippen molar-refractivity contribution in [3.63, 3.8) is 0 Å². The lowest BCUT2D eigenvalue weighted by Gasteiger charge is -2.30. The smallest absolute Gasteiger partial charge is 0.321 e. The van der Waals surface area contributed by atoms with E-state index in [4.69, 9.17) is 5.73 Å². The standard InChI is InChI=1S/C15H23N3O/c1-11-6-8-18(9-7-11)15(19)17-14-5-3-4-13(10-14)12(2)16/h3-5,10-12H,6-9,16H2,1-2H3,(H,17,19). The lowest BCUT2D eigenvalue weighted by molar-refractivity contribution is 0.186. The van der Waals surface area contributed by atoms with Gasteiger partial charge in [-0.25, -0.2) is 4.79 Å². The molecule has 104 valence electrons. The minimum atomic E-state index is -0.0207. The van der Waals surface area contributed by atoms with Crippen molar-refractivity contribution in [2.24, 2.45) is 11.7 Å². The molecule has 1 heterocycles. The summed E-state index contributed by atoms with van der Waals surface area (Å²) in [5, 5.41) is 2.95. The number of amides is 2. The average Bonchev–Trinajstić information content (AvgIpc) is 2.39. The van der Waals surface area contributed by atoms with Crippen molar-refractivity contribution >= 4 is 11.7 Å². The van der Waals surface area contributed by atoms with Crippen LogP contribution in [0.15, 0.2) is 24.3 Å². The highest BCUT2D eigenvalue weighted by molar-refractivity contribution is 5.89. The first-order valence-corrected chi connectivity index (χ1v) is 6.97. The predicted octanol–water partition coefficient (Wildman–Crippen LogP) is 2.97.